The molecular formula is C60H56O8. The number of ether oxygens (including phenoxy) is 4. The van der Waals surface area contributed by atoms with Crippen molar-refractivity contribution in [1.82, 2.24) is 0 Å². The SMILES string of the molecule is CC(C)COC(=O)c1ccc2c3ccc(C(=O)OCC(C)C)c4cccc(c5cccc1c52)c43.CC(C)COC(=O)c1ccc2c3cccc4c(C(=O)OCC(C)C)ccc(c5cccc1c52)c43. The minimum absolute atomic E-state index is 0.273. The Morgan fingerprint density at radius 1 is 0.279 bits per heavy atom. The van der Waals surface area contributed by atoms with Crippen molar-refractivity contribution in [2.24, 2.45) is 23.7 Å². The molecule has 0 amide bonds. The Kier molecular flexibility index (Phi) is 12.6. The Balaban J connectivity index is 0.000000170. The van der Waals surface area contributed by atoms with Crippen LogP contribution in [0.4, 0.5) is 0 Å². The van der Waals surface area contributed by atoms with Gasteiger partial charge in [0.1, 0.15) is 0 Å². The lowest BCUT2D eigenvalue weighted by Gasteiger charge is -2.17. The van der Waals surface area contributed by atoms with Crippen molar-refractivity contribution in [1.29, 1.82) is 0 Å². The van der Waals surface area contributed by atoms with Crippen LogP contribution in [0.1, 0.15) is 96.8 Å². The lowest BCUT2D eigenvalue weighted by atomic mass is 9.87. The van der Waals surface area contributed by atoms with Crippen molar-refractivity contribution in [3.05, 3.63) is 144 Å². The zero-order valence-corrected chi connectivity index (χ0v) is 40.0. The van der Waals surface area contributed by atoms with Crippen LogP contribution in [-0.4, -0.2) is 50.3 Å². The molecule has 0 aliphatic rings. The molecule has 0 fully saturated rings. The van der Waals surface area contributed by atoms with Crippen molar-refractivity contribution in [2.45, 2.75) is 55.4 Å². The van der Waals surface area contributed by atoms with E-state index in [0.717, 1.165) is 86.2 Å². The van der Waals surface area contributed by atoms with E-state index in [-0.39, 0.29) is 47.5 Å². The molecule has 8 heteroatoms. The summed E-state index contributed by atoms with van der Waals surface area (Å²) in [7, 11) is 0. The van der Waals surface area contributed by atoms with Crippen LogP contribution in [0.2, 0.25) is 0 Å². The highest BCUT2D eigenvalue weighted by Gasteiger charge is 2.23. The predicted molar refractivity (Wildman–Crippen MR) is 276 cm³/mol. The van der Waals surface area contributed by atoms with Gasteiger partial charge in [-0.15, -0.1) is 0 Å². The summed E-state index contributed by atoms with van der Waals surface area (Å²) in [5, 5.41) is 16.1. The van der Waals surface area contributed by atoms with Crippen LogP contribution in [0, 0.1) is 23.7 Å². The fourth-order valence-electron chi connectivity index (χ4n) is 9.41. The van der Waals surface area contributed by atoms with Crippen molar-refractivity contribution < 1.29 is 38.1 Å². The Labute approximate surface area is 395 Å². The molecule has 0 saturated carbocycles. The maximum absolute atomic E-state index is 12.9. The first-order valence-electron chi connectivity index (χ1n) is 23.7. The van der Waals surface area contributed by atoms with Gasteiger partial charge < -0.3 is 18.9 Å². The van der Waals surface area contributed by atoms with Crippen LogP contribution in [0.15, 0.2) is 121 Å². The summed E-state index contributed by atoms with van der Waals surface area (Å²) in [5.41, 5.74) is 2.30. The summed E-state index contributed by atoms with van der Waals surface area (Å²) in [6, 6.07) is 39.6. The molecule has 68 heavy (non-hydrogen) atoms. The summed E-state index contributed by atoms with van der Waals surface area (Å²) in [6.45, 7) is 17.7. The average Bonchev–Trinajstić information content (AvgIpc) is 3.33. The number of hydrogen-bond donors (Lipinski definition) is 0. The van der Waals surface area contributed by atoms with Crippen molar-refractivity contribution >= 4 is 110 Å². The Bertz CT molecular complexity index is 3050. The Hall–Kier alpha value is -7.32. The lowest BCUT2D eigenvalue weighted by Crippen LogP contribution is -2.11. The molecule has 0 unspecified atom stereocenters. The van der Waals surface area contributed by atoms with E-state index in [1.165, 1.54) is 0 Å². The van der Waals surface area contributed by atoms with Gasteiger partial charge in [-0.2, -0.15) is 0 Å². The maximum Gasteiger partial charge on any atom is 0.338 e. The number of hydrogen-bond acceptors (Lipinski definition) is 8. The molecule has 0 N–H and O–H groups in total. The third-order valence-electron chi connectivity index (χ3n) is 12.4. The van der Waals surface area contributed by atoms with Gasteiger partial charge in [-0.3, -0.25) is 0 Å². The number of carbonyl (C=O) groups excluding carboxylic acids is 4. The first-order chi connectivity index (χ1) is 32.7. The van der Waals surface area contributed by atoms with Gasteiger partial charge in [-0.25, -0.2) is 19.2 Å². The van der Waals surface area contributed by atoms with Gasteiger partial charge in [0.2, 0.25) is 0 Å². The standard InChI is InChI=1S/2C30H28O4/c1-17(2)15-33-29(31)25-13-11-23-20-8-6-10-22-26(30(32)34-16-18(3)4)14-12-24(28(20)22)19-7-5-9-21(25)27(19)23;1-17(2)15-33-29(31)25-13-11-23-24-12-14-26(30(32)34-16-18(3)4)22-10-6-8-20(28(22)24)19-7-5-9-21(25)27(19)23/h2*5-14,17-18H,15-16H2,1-4H3. The van der Waals surface area contributed by atoms with Gasteiger partial charge in [-0.1, -0.05) is 152 Å². The molecule has 0 atom stereocenters. The lowest BCUT2D eigenvalue weighted by molar-refractivity contribution is 0.0453. The Morgan fingerprint density at radius 3 is 0.647 bits per heavy atom. The highest BCUT2D eigenvalue weighted by atomic mass is 16.5. The van der Waals surface area contributed by atoms with E-state index in [1.54, 1.807) is 0 Å². The molecule has 8 nitrogen and oxygen atoms in total. The monoisotopic (exact) mass is 904 g/mol. The summed E-state index contributed by atoms with van der Waals surface area (Å²) in [6.07, 6.45) is 0. The predicted octanol–water partition coefficient (Wildman–Crippen LogP) is 14.7. The molecule has 0 aliphatic carbocycles. The third kappa shape index (κ3) is 8.37. The Morgan fingerprint density at radius 2 is 0.456 bits per heavy atom. The largest absolute Gasteiger partial charge is 0.462 e. The molecule has 0 aliphatic heterocycles. The normalized spacial score (nSPS) is 11.9. The van der Waals surface area contributed by atoms with Crippen LogP contribution < -0.4 is 0 Å². The van der Waals surface area contributed by atoms with Crippen LogP contribution >= 0.6 is 0 Å². The minimum atomic E-state index is -0.301. The third-order valence-corrected chi connectivity index (χ3v) is 12.4. The highest BCUT2D eigenvalue weighted by Crippen LogP contribution is 2.44. The smallest absolute Gasteiger partial charge is 0.338 e. The first kappa shape index (κ1) is 45.8. The van der Waals surface area contributed by atoms with E-state index in [0.29, 0.717) is 48.7 Å². The summed E-state index contributed by atoms with van der Waals surface area (Å²) in [5.74, 6) is -0.113. The van der Waals surface area contributed by atoms with Crippen LogP contribution in [-0.2, 0) is 18.9 Å². The van der Waals surface area contributed by atoms with Crippen LogP contribution in [0.3, 0.4) is 0 Å². The first-order valence-corrected chi connectivity index (χ1v) is 23.7. The van der Waals surface area contributed by atoms with E-state index in [4.69, 9.17) is 18.9 Å². The van der Waals surface area contributed by atoms with E-state index >= 15 is 0 Å². The minimum Gasteiger partial charge on any atom is -0.462 e. The molecule has 0 saturated heterocycles. The fraction of sp³-hybridized carbons (Fsp3) is 0.267. The van der Waals surface area contributed by atoms with E-state index in [9.17, 15) is 19.2 Å². The molecular weight excluding hydrogens is 849 g/mol. The molecule has 0 spiro atoms. The second-order valence-corrected chi connectivity index (χ2v) is 19.5. The molecule has 0 aromatic heterocycles. The molecule has 10 aromatic rings. The molecule has 0 radical (unpaired) electrons. The van der Waals surface area contributed by atoms with Gasteiger partial charge in [0.25, 0.3) is 0 Å². The second-order valence-electron chi connectivity index (χ2n) is 19.5. The number of carbonyl (C=O) groups is 4. The van der Waals surface area contributed by atoms with E-state index < -0.39 is 0 Å². The maximum atomic E-state index is 12.9. The zero-order chi connectivity index (χ0) is 48.0. The molecule has 10 aromatic carbocycles. The van der Waals surface area contributed by atoms with Gasteiger partial charge in [-0.05, 0) is 134 Å². The molecule has 0 bridgehead atoms. The van der Waals surface area contributed by atoms with Crippen LogP contribution in [0.25, 0.3) is 86.2 Å². The quantitative estimate of drug-likeness (QED) is 0.0517. The summed E-state index contributed by atoms with van der Waals surface area (Å²) in [4.78, 5) is 51.5. The van der Waals surface area contributed by atoms with E-state index in [1.807, 2.05) is 152 Å². The number of esters is 4. The zero-order valence-electron chi connectivity index (χ0n) is 40.0. The van der Waals surface area contributed by atoms with Gasteiger partial charge >= 0.3 is 23.9 Å². The van der Waals surface area contributed by atoms with Gasteiger partial charge in [0.15, 0.2) is 0 Å². The summed E-state index contributed by atoms with van der Waals surface area (Å²) >= 11 is 0. The number of benzene rings is 10. The number of fused-ring (bicyclic) bond motifs is 4. The van der Waals surface area contributed by atoms with E-state index in [2.05, 4.69) is 24.3 Å². The van der Waals surface area contributed by atoms with Gasteiger partial charge in [0, 0.05) is 0 Å². The van der Waals surface area contributed by atoms with Crippen LogP contribution in [0.5, 0.6) is 0 Å². The number of rotatable bonds is 12. The second kappa shape index (κ2) is 18.8. The summed E-state index contributed by atoms with van der Waals surface area (Å²) < 4.78 is 22.2. The van der Waals surface area contributed by atoms with Crippen molar-refractivity contribution in [2.75, 3.05) is 26.4 Å². The van der Waals surface area contributed by atoms with Gasteiger partial charge in [0.05, 0.1) is 48.7 Å². The molecule has 344 valence electrons. The van der Waals surface area contributed by atoms with Crippen molar-refractivity contribution in [3.8, 4) is 0 Å². The molecule has 0 heterocycles. The topological polar surface area (TPSA) is 105 Å². The highest BCUT2D eigenvalue weighted by molar-refractivity contribution is 6.37. The van der Waals surface area contributed by atoms with Crippen molar-refractivity contribution in [3.63, 3.8) is 0 Å². The molecule has 10 rings (SSSR count). The average molecular weight is 905 g/mol. The fourth-order valence-corrected chi connectivity index (χ4v) is 9.41.